The molecule has 4 rings (SSSR count). The number of hydrogen-bond acceptors (Lipinski definition) is 4. The van der Waals surface area contributed by atoms with E-state index >= 15 is 0 Å². The van der Waals surface area contributed by atoms with Crippen LogP contribution in [0.25, 0.3) is 21.5 Å². The number of ether oxygens (including phenoxy) is 1. The minimum atomic E-state index is -1.04. The average molecular weight is 356 g/mol. The van der Waals surface area contributed by atoms with Gasteiger partial charge < -0.3 is 9.84 Å². The molecule has 5 nitrogen and oxygen atoms in total. The molecule has 0 aliphatic rings. The Morgan fingerprint density at radius 2 is 1.44 bits per heavy atom. The van der Waals surface area contributed by atoms with Crippen molar-refractivity contribution in [1.29, 1.82) is 0 Å². The van der Waals surface area contributed by atoms with Crippen LogP contribution in [0.2, 0.25) is 0 Å². The number of carboxylic acids is 1. The third-order valence-corrected chi connectivity index (χ3v) is 4.24. The Morgan fingerprint density at radius 1 is 0.778 bits per heavy atom. The van der Waals surface area contributed by atoms with Gasteiger partial charge in [-0.3, -0.25) is 0 Å². The number of aliphatic carboxylic acids is 1. The number of rotatable bonds is 5. The Balaban J connectivity index is 1.82. The minimum Gasteiger partial charge on any atom is -0.480 e. The monoisotopic (exact) mass is 356 g/mol. The van der Waals surface area contributed by atoms with E-state index in [1.54, 1.807) is 6.07 Å². The first kappa shape index (κ1) is 16.7. The van der Waals surface area contributed by atoms with E-state index in [1.165, 1.54) is 0 Å². The van der Waals surface area contributed by atoms with Gasteiger partial charge in [0.05, 0.1) is 5.69 Å². The Morgan fingerprint density at radius 3 is 2.22 bits per heavy atom. The molecule has 0 atom stereocenters. The molecule has 4 aromatic carbocycles. The van der Waals surface area contributed by atoms with Crippen molar-refractivity contribution in [3.8, 4) is 5.75 Å². The van der Waals surface area contributed by atoms with Crippen LogP contribution >= 0.6 is 0 Å². The number of carbonyl (C=O) groups is 1. The van der Waals surface area contributed by atoms with Gasteiger partial charge in [0.25, 0.3) is 0 Å². The number of fused-ring (bicyclic) bond motifs is 2. The molecule has 0 aromatic heterocycles. The highest BCUT2D eigenvalue weighted by Crippen LogP contribution is 2.37. The van der Waals surface area contributed by atoms with Crippen molar-refractivity contribution in [1.82, 2.24) is 0 Å². The van der Waals surface area contributed by atoms with Gasteiger partial charge in [0.2, 0.25) is 0 Å². The zero-order valence-corrected chi connectivity index (χ0v) is 14.4. The van der Waals surface area contributed by atoms with Gasteiger partial charge in [-0.2, -0.15) is 0 Å². The SMILES string of the molecule is O=C(O)COc1ccc2ccccc2c1N=Nc1cccc2ccccc12. The molecule has 27 heavy (non-hydrogen) atoms. The molecule has 0 heterocycles. The highest BCUT2D eigenvalue weighted by molar-refractivity contribution is 5.96. The minimum absolute atomic E-state index is 0.389. The molecule has 132 valence electrons. The summed E-state index contributed by atoms with van der Waals surface area (Å²) in [6, 6.07) is 25.1. The van der Waals surface area contributed by atoms with E-state index in [0.717, 1.165) is 27.2 Å². The molecular weight excluding hydrogens is 340 g/mol. The van der Waals surface area contributed by atoms with Gasteiger partial charge in [-0.15, -0.1) is 10.2 Å². The largest absolute Gasteiger partial charge is 0.480 e. The molecule has 0 aliphatic heterocycles. The lowest BCUT2D eigenvalue weighted by molar-refractivity contribution is -0.139. The highest BCUT2D eigenvalue weighted by Gasteiger charge is 2.10. The van der Waals surface area contributed by atoms with E-state index in [4.69, 9.17) is 9.84 Å². The molecule has 0 fully saturated rings. The smallest absolute Gasteiger partial charge is 0.341 e. The lowest BCUT2D eigenvalue weighted by atomic mass is 10.1. The summed E-state index contributed by atoms with van der Waals surface area (Å²) in [6.45, 7) is -0.435. The zero-order valence-electron chi connectivity index (χ0n) is 14.4. The number of azo groups is 1. The number of benzene rings is 4. The molecular formula is C22H16N2O3. The fourth-order valence-electron chi connectivity index (χ4n) is 2.99. The Kier molecular flexibility index (Phi) is 4.49. The summed E-state index contributed by atoms with van der Waals surface area (Å²) in [4.78, 5) is 10.9. The van der Waals surface area contributed by atoms with Crippen molar-refractivity contribution < 1.29 is 14.6 Å². The summed E-state index contributed by atoms with van der Waals surface area (Å²) in [5.74, 6) is -0.653. The van der Waals surface area contributed by atoms with Crippen LogP contribution in [0.3, 0.4) is 0 Å². The van der Waals surface area contributed by atoms with E-state index < -0.39 is 12.6 Å². The van der Waals surface area contributed by atoms with Crippen molar-refractivity contribution in [2.45, 2.75) is 0 Å². The molecule has 0 amide bonds. The first-order valence-corrected chi connectivity index (χ1v) is 8.48. The van der Waals surface area contributed by atoms with E-state index in [-0.39, 0.29) is 0 Å². The van der Waals surface area contributed by atoms with Gasteiger partial charge in [0.15, 0.2) is 6.61 Å². The molecule has 0 saturated heterocycles. The number of carboxylic acid groups (broad SMARTS) is 1. The van der Waals surface area contributed by atoms with Crippen LogP contribution in [-0.2, 0) is 4.79 Å². The Hall–Kier alpha value is -3.73. The topological polar surface area (TPSA) is 71.2 Å². The molecule has 0 saturated carbocycles. The van der Waals surface area contributed by atoms with Crippen molar-refractivity contribution in [2.75, 3.05) is 6.61 Å². The molecule has 0 radical (unpaired) electrons. The number of nitrogens with zero attached hydrogens (tertiary/aromatic N) is 2. The molecule has 5 heteroatoms. The molecule has 1 N–H and O–H groups in total. The zero-order chi connectivity index (χ0) is 18.6. The summed E-state index contributed by atoms with van der Waals surface area (Å²) in [7, 11) is 0. The van der Waals surface area contributed by atoms with Gasteiger partial charge in [-0.05, 0) is 22.9 Å². The standard InChI is InChI=1S/C22H16N2O3/c25-21(26)14-27-20-13-12-16-7-2-4-10-18(16)22(20)24-23-19-11-5-8-15-6-1-3-9-17(15)19/h1-13H,14H2,(H,25,26). The normalized spacial score (nSPS) is 11.3. The maximum atomic E-state index is 10.9. The predicted molar refractivity (Wildman–Crippen MR) is 105 cm³/mol. The summed E-state index contributed by atoms with van der Waals surface area (Å²) in [5.41, 5.74) is 1.26. The van der Waals surface area contributed by atoms with E-state index in [0.29, 0.717) is 11.4 Å². The van der Waals surface area contributed by atoms with Crippen molar-refractivity contribution in [3.63, 3.8) is 0 Å². The maximum absolute atomic E-state index is 10.9. The summed E-state index contributed by atoms with van der Waals surface area (Å²) < 4.78 is 5.43. The van der Waals surface area contributed by atoms with Crippen LogP contribution in [0.1, 0.15) is 0 Å². The van der Waals surface area contributed by atoms with Crippen LogP contribution in [0.15, 0.2) is 89.1 Å². The summed E-state index contributed by atoms with van der Waals surface area (Å²) >= 11 is 0. The van der Waals surface area contributed by atoms with Crippen LogP contribution in [0.4, 0.5) is 11.4 Å². The Labute approximate surface area is 155 Å². The maximum Gasteiger partial charge on any atom is 0.341 e. The van der Waals surface area contributed by atoms with Gasteiger partial charge >= 0.3 is 5.97 Å². The van der Waals surface area contributed by atoms with Crippen LogP contribution in [0.5, 0.6) is 5.75 Å². The second-order valence-corrected chi connectivity index (χ2v) is 6.01. The van der Waals surface area contributed by atoms with E-state index in [9.17, 15) is 4.79 Å². The first-order valence-electron chi connectivity index (χ1n) is 8.48. The van der Waals surface area contributed by atoms with Gasteiger partial charge in [0.1, 0.15) is 11.4 Å². The van der Waals surface area contributed by atoms with Crippen molar-refractivity contribution >= 4 is 38.9 Å². The van der Waals surface area contributed by atoms with Crippen molar-refractivity contribution in [2.24, 2.45) is 10.2 Å². The van der Waals surface area contributed by atoms with Crippen LogP contribution in [-0.4, -0.2) is 17.7 Å². The molecule has 0 bridgehead atoms. The second kappa shape index (κ2) is 7.25. The van der Waals surface area contributed by atoms with Crippen molar-refractivity contribution in [3.05, 3.63) is 78.9 Å². The fraction of sp³-hybridized carbons (Fsp3) is 0.0455. The van der Waals surface area contributed by atoms with E-state index in [1.807, 2.05) is 72.8 Å². The van der Waals surface area contributed by atoms with Gasteiger partial charge in [0, 0.05) is 10.8 Å². The average Bonchev–Trinajstić information content (AvgIpc) is 2.70. The quantitative estimate of drug-likeness (QED) is 0.454. The Bertz CT molecular complexity index is 1160. The fourth-order valence-corrected chi connectivity index (χ4v) is 2.99. The third kappa shape index (κ3) is 3.48. The predicted octanol–water partition coefficient (Wildman–Crippen LogP) is 5.87. The summed E-state index contributed by atoms with van der Waals surface area (Å²) in [5, 5.41) is 21.7. The molecule has 0 aliphatic carbocycles. The lowest BCUT2D eigenvalue weighted by Crippen LogP contribution is -2.09. The van der Waals surface area contributed by atoms with Gasteiger partial charge in [-0.25, -0.2) is 4.79 Å². The van der Waals surface area contributed by atoms with Gasteiger partial charge in [-0.1, -0.05) is 66.7 Å². The van der Waals surface area contributed by atoms with Crippen LogP contribution in [0, 0.1) is 0 Å². The first-order chi connectivity index (χ1) is 13.2. The van der Waals surface area contributed by atoms with Crippen LogP contribution < -0.4 is 4.74 Å². The summed E-state index contributed by atoms with van der Waals surface area (Å²) in [6.07, 6.45) is 0. The molecule has 4 aromatic rings. The lowest BCUT2D eigenvalue weighted by Gasteiger charge is -2.09. The molecule has 0 spiro atoms. The third-order valence-electron chi connectivity index (χ3n) is 4.24. The van der Waals surface area contributed by atoms with E-state index in [2.05, 4.69) is 10.2 Å². The molecule has 0 unspecified atom stereocenters. The second-order valence-electron chi connectivity index (χ2n) is 6.01. The highest BCUT2D eigenvalue weighted by atomic mass is 16.5. The number of hydrogen-bond donors (Lipinski definition) is 1.